The van der Waals surface area contributed by atoms with Crippen LogP contribution in [0.2, 0.25) is 0 Å². The van der Waals surface area contributed by atoms with Crippen molar-refractivity contribution >= 4 is 11.9 Å². The SMILES string of the molecule is CC(CCNC(=O)CCCCN)C(=O)O. The lowest BCUT2D eigenvalue weighted by Crippen LogP contribution is -2.26. The van der Waals surface area contributed by atoms with Gasteiger partial charge in [-0.1, -0.05) is 6.92 Å². The zero-order valence-electron chi connectivity index (χ0n) is 9.16. The third-order valence-corrected chi connectivity index (χ3v) is 2.18. The van der Waals surface area contributed by atoms with E-state index in [9.17, 15) is 9.59 Å². The molecule has 5 nitrogen and oxygen atoms in total. The first kappa shape index (κ1) is 13.9. The van der Waals surface area contributed by atoms with Gasteiger partial charge in [-0.2, -0.15) is 0 Å². The number of hydrogen-bond acceptors (Lipinski definition) is 3. The Morgan fingerprint density at radius 3 is 2.60 bits per heavy atom. The maximum atomic E-state index is 11.2. The second-order valence-electron chi connectivity index (χ2n) is 3.62. The van der Waals surface area contributed by atoms with Gasteiger partial charge in [0.1, 0.15) is 0 Å². The number of amides is 1. The van der Waals surface area contributed by atoms with Crippen LogP contribution < -0.4 is 11.1 Å². The summed E-state index contributed by atoms with van der Waals surface area (Å²) in [5.74, 6) is -1.26. The Hall–Kier alpha value is -1.10. The third-order valence-electron chi connectivity index (χ3n) is 2.18. The maximum Gasteiger partial charge on any atom is 0.306 e. The molecule has 15 heavy (non-hydrogen) atoms. The molecule has 0 fully saturated rings. The van der Waals surface area contributed by atoms with E-state index in [1.165, 1.54) is 0 Å². The van der Waals surface area contributed by atoms with Crippen molar-refractivity contribution in [2.75, 3.05) is 13.1 Å². The lowest BCUT2D eigenvalue weighted by molar-refractivity contribution is -0.141. The van der Waals surface area contributed by atoms with E-state index in [1.54, 1.807) is 6.92 Å². The van der Waals surface area contributed by atoms with Crippen molar-refractivity contribution in [2.45, 2.75) is 32.6 Å². The lowest BCUT2D eigenvalue weighted by Gasteiger charge is -2.07. The van der Waals surface area contributed by atoms with Crippen LogP contribution in [0.5, 0.6) is 0 Å². The number of carboxylic acids is 1. The topological polar surface area (TPSA) is 92.4 Å². The first-order chi connectivity index (χ1) is 7.07. The number of aliphatic carboxylic acids is 1. The molecule has 0 aromatic heterocycles. The standard InChI is InChI=1S/C10H20N2O3/c1-8(10(14)15)5-7-12-9(13)4-2-3-6-11/h8H,2-7,11H2,1H3,(H,12,13)(H,14,15). The third kappa shape index (κ3) is 7.93. The van der Waals surface area contributed by atoms with Crippen LogP contribution in [-0.2, 0) is 9.59 Å². The predicted molar refractivity (Wildman–Crippen MR) is 57.3 cm³/mol. The molecule has 0 aliphatic heterocycles. The van der Waals surface area contributed by atoms with Gasteiger partial charge in [-0.25, -0.2) is 0 Å². The Morgan fingerprint density at radius 2 is 2.07 bits per heavy atom. The zero-order chi connectivity index (χ0) is 11.7. The minimum absolute atomic E-state index is 0.0268. The fraction of sp³-hybridized carbons (Fsp3) is 0.800. The monoisotopic (exact) mass is 216 g/mol. The van der Waals surface area contributed by atoms with Crippen molar-refractivity contribution in [1.82, 2.24) is 5.32 Å². The smallest absolute Gasteiger partial charge is 0.306 e. The maximum absolute atomic E-state index is 11.2. The minimum atomic E-state index is -0.826. The predicted octanol–water partition coefficient (Wildman–Crippen LogP) is 0.342. The van der Waals surface area contributed by atoms with E-state index in [4.69, 9.17) is 10.8 Å². The van der Waals surface area contributed by atoms with Crippen LogP contribution in [0.15, 0.2) is 0 Å². The van der Waals surface area contributed by atoms with Crippen molar-refractivity contribution in [3.05, 3.63) is 0 Å². The van der Waals surface area contributed by atoms with Gasteiger partial charge in [-0.05, 0) is 25.8 Å². The summed E-state index contributed by atoms with van der Waals surface area (Å²) in [6.45, 7) is 2.65. The van der Waals surface area contributed by atoms with E-state index in [-0.39, 0.29) is 5.91 Å². The number of carboxylic acid groups (broad SMARTS) is 1. The molecule has 1 unspecified atom stereocenters. The van der Waals surface area contributed by atoms with Crippen LogP contribution in [0.1, 0.15) is 32.6 Å². The summed E-state index contributed by atoms with van der Waals surface area (Å²) in [5.41, 5.74) is 5.29. The van der Waals surface area contributed by atoms with E-state index in [0.29, 0.717) is 25.9 Å². The van der Waals surface area contributed by atoms with Gasteiger partial charge in [-0.15, -0.1) is 0 Å². The largest absolute Gasteiger partial charge is 0.481 e. The highest BCUT2D eigenvalue weighted by atomic mass is 16.4. The average Bonchev–Trinajstić information content (AvgIpc) is 2.18. The number of nitrogens with one attached hydrogen (secondary N) is 1. The Bertz CT molecular complexity index is 207. The van der Waals surface area contributed by atoms with Crippen molar-refractivity contribution < 1.29 is 14.7 Å². The summed E-state index contributed by atoms with van der Waals surface area (Å²) in [5, 5.41) is 11.3. The molecule has 0 spiro atoms. The number of rotatable bonds is 8. The van der Waals surface area contributed by atoms with Gasteiger partial charge in [-0.3, -0.25) is 9.59 Å². The first-order valence-corrected chi connectivity index (χ1v) is 5.27. The molecule has 0 saturated heterocycles. The summed E-state index contributed by atoms with van der Waals surface area (Å²) in [6, 6.07) is 0. The molecule has 0 rings (SSSR count). The number of carbonyl (C=O) groups excluding carboxylic acids is 1. The molecule has 88 valence electrons. The van der Waals surface area contributed by atoms with E-state index < -0.39 is 11.9 Å². The molecular weight excluding hydrogens is 196 g/mol. The highest BCUT2D eigenvalue weighted by Gasteiger charge is 2.10. The highest BCUT2D eigenvalue weighted by Crippen LogP contribution is 2.00. The molecule has 0 radical (unpaired) electrons. The molecule has 1 amide bonds. The molecular formula is C10H20N2O3. The second-order valence-corrected chi connectivity index (χ2v) is 3.62. The molecule has 1 atom stereocenters. The van der Waals surface area contributed by atoms with Gasteiger partial charge in [0.25, 0.3) is 0 Å². The van der Waals surface area contributed by atoms with E-state index in [2.05, 4.69) is 5.32 Å². The number of nitrogens with two attached hydrogens (primary N) is 1. The van der Waals surface area contributed by atoms with Gasteiger partial charge >= 0.3 is 5.97 Å². The summed E-state index contributed by atoms with van der Waals surface area (Å²) in [6.07, 6.45) is 2.58. The fourth-order valence-electron chi connectivity index (χ4n) is 1.07. The molecule has 0 heterocycles. The Labute approximate surface area is 90.0 Å². The van der Waals surface area contributed by atoms with E-state index >= 15 is 0 Å². The summed E-state index contributed by atoms with van der Waals surface area (Å²) >= 11 is 0. The number of hydrogen-bond donors (Lipinski definition) is 3. The molecule has 0 aliphatic rings. The molecule has 0 bridgehead atoms. The van der Waals surface area contributed by atoms with Crippen molar-refractivity contribution in [3.8, 4) is 0 Å². The molecule has 0 aliphatic carbocycles. The van der Waals surface area contributed by atoms with Gasteiger partial charge in [0.2, 0.25) is 5.91 Å². The van der Waals surface area contributed by atoms with Crippen LogP contribution >= 0.6 is 0 Å². The highest BCUT2D eigenvalue weighted by molar-refractivity contribution is 5.76. The van der Waals surface area contributed by atoms with Crippen LogP contribution in [-0.4, -0.2) is 30.1 Å². The molecule has 4 N–H and O–H groups in total. The van der Waals surface area contributed by atoms with Crippen LogP contribution in [0.25, 0.3) is 0 Å². The van der Waals surface area contributed by atoms with Gasteiger partial charge < -0.3 is 16.2 Å². The molecule has 5 heteroatoms. The molecule has 0 aromatic rings. The molecule has 0 aromatic carbocycles. The summed E-state index contributed by atoms with van der Waals surface area (Å²) < 4.78 is 0. The van der Waals surface area contributed by atoms with Gasteiger partial charge in [0.05, 0.1) is 5.92 Å². The fourth-order valence-corrected chi connectivity index (χ4v) is 1.07. The number of carbonyl (C=O) groups is 2. The lowest BCUT2D eigenvalue weighted by atomic mass is 10.1. The molecule has 0 saturated carbocycles. The van der Waals surface area contributed by atoms with Crippen LogP contribution in [0, 0.1) is 5.92 Å². The first-order valence-electron chi connectivity index (χ1n) is 5.27. The van der Waals surface area contributed by atoms with Gasteiger partial charge in [0, 0.05) is 13.0 Å². The Kier molecular flexibility index (Phi) is 7.62. The minimum Gasteiger partial charge on any atom is -0.481 e. The van der Waals surface area contributed by atoms with E-state index in [1.807, 2.05) is 0 Å². The van der Waals surface area contributed by atoms with Crippen LogP contribution in [0.4, 0.5) is 0 Å². The Balaban J connectivity index is 3.42. The van der Waals surface area contributed by atoms with Crippen LogP contribution in [0.3, 0.4) is 0 Å². The Morgan fingerprint density at radius 1 is 1.40 bits per heavy atom. The zero-order valence-corrected chi connectivity index (χ0v) is 9.16. The summed E-state index contributed by atoms with van der Waals surface area (Å²) in [7, 11) is 0. The van der Waals surface area contributed by atoms with Gasteiger partial charge in [0.15, 0.2) is 0 Å². The second kappa shape index (κ2) is 8.23. The van der Waals surface area contributed by atoms with Crippen molar-refractivity contribution in [3.63, 3.8) is 0 Å². The quantitative estimate of drug-likeness (QED) is 0.510. The van der Waals surface area contributed by atoms with Crippen molar-refractivity contribution in [1.29, 1.82) is 0 Å². The number of unbranched alkanes of at least 4 members (excludes halogenated alkanes) is 1. The van der Waals surface area contributed by atoms with E-state index in [0.717, 1.165) is 12.8 Å². The normalized spacial score (nSPS) is 12.1. The average molecular weight is 216 g/mol. The summed E-state index contributed by atoms with van der Waals surface area (Å²) in [4.78, 5) is 21.6. The van der Waals surface area contributed by atoms with Crippen molar-refractivity contribution in [2.24, 2.45) is 11.7 Å².